The van der Waals surface area contributed by atoms with E-state index in [9.17, 15) is 13.2 Å². The predicted molar refractivity (Wildman–Crippen MR) is 102 cm³/mol. The van der Waals surface area contributed by atoms with E-state index in [1.807, 2.05) is 48.5 Å². The topological polar surface area (TPSA) is 66.5 Å². The smallest absolute Gasteiger partial charge is 0.237 e. The van der Waals surface area contributed by atoms with Crippen LogP contribution in [0.3, 0.4) is 0 Å². The Bertz CT molecular complexity index is 850. The van der Waals surface area contributed by atoms with Gasteiger partial charge in [-0.3, -0.25) is 4.79 Å². The van der Waals surface area contributed by atoms with Gasteiger partial charge in [-0.2, -0.15) is 0 Å². The maximum atomic E-state index is 12.3. The van der Waals surface area contributed by atoms with Gasteiger partial charge in [0.25, 0.3) is 0 Å². The minimum atomic E-state index is -3.44. The molecule has 0 bridgehead atoms. The van der Waals surface area contributed by atoms with Gasteiger partial charge in [0.1, 0.15) is 0 Å². The zero-order chi connectivity index (χ0) is 18.4. The van der Waals surface area contributed by atoms with Crippen LogP contribution in [0.25, 0.3) is 0 Å². The van der Waals surface area contributed by atoms with Crippen LogP contribution in [0, 0.1) is 0 Å². The van der Waals surface area contributed by atoms with Gasteiger partial charge in [-0.15, -0.1) is 0 Å². The van der Waals surface area contributed by atoms with Crippen LogP contribution in [0.1, 0.15) is 23.1 Å². The van der Waals surface area contributed by atoms with Gasteiger partial charge in [-0.1, -0.05) is 54.6 Å². The van der Waals surface area contributed by atoms with Crippen molar-refractivity contribution in [2.24, 2.45) is 0 Å². The molecule has 1 N–H and O–H groups in total. The Morgan fingerprint density at radius 2 is 1.69 bits per heavy atom. The molecule has 3 rings (SSSR count). The van der Waals surface area contributed by atoms with Crippen LogP contribution in [0.2, 0.25) is 0 Å². The van der Waals surface area contributed by atoms with Crippen molar-refractivity contribution in [3.63, 3.8) is 0 Å². The van der Waals surface area contributed by atoms with Crippen molar-refractivity contribution < 1.29 is 13.2 Å². The quantitative estimate of drug-likeness (QED) is 0.810. The average Bonchev–Trinajstić information content (AvgIpc) is 2.66. The van der Waals surface area contributed by atoms with Crippen LogP contribution in [0.5, 0.6) is 0 Å². The molecule has 0 unspecified atom stereocenters. The number of hydrogen-bond acceptors (Lipinski definition) is 3. The monoisotopic (exact) mass is 372 g/mol. The lowest BCUT2D eigenvalue weighted by Crippen LogP contribution is -2.43. The first-order chi connectivity index (χ1) is 12.5. The molecule has 2 aromatic rings. The Morgan fingerprint density at radius 1 is 1.00 bits per heavy atom. The van der Waals surface area contributed by atoms with Crippen LogP contribution in [0.15, 0.2) is 54.6 Å². The summed E-state index contributed by atoms with van der Waals surface area (Å²) >= 11 is 0. The molecule has 0 aromatic heterocycles. The molecule has 138 valence electrons. The summed E-state index contributed by atoms with van der Waals surface area (Å²) in [6, 6.07) is 17.8. The number of sulfonamides is 1. The molecule has 6 heteroatoms. The van der Waals surface area contributed by atoms with Crippen LogP contribution >= 0.6 is 0 Å². The third kappa shape index (κ3) is 5.16. The van der Waals surface area contributed by atoms with Crippen LogP contribution in [0.4, 0.5) is 0 Å². The number of fused-ring (bicyclic) bond motifs is 1. The molecular weight excluding hydrogens is 348 g/mol. The third-order valence-electron chi connectivity index (χ3n) is 4.65. The third-order valence-corrected chi connectivity index (χ3v) is 6.06. The lowest BCUT2D eigenvalue weighted by atomic mass is 10.00. The predicted octanol–water partition coefficient (Wildman–Crippen LogP) is 2.12. The molecular formula is C20H24N2O3S. The van der Waals surface area contributed by atoms with E-state index in [2.05, 4.69) is 10.8 Å². The summed E-state index contributed by atoms with van der Waals surface area (Å²) in [4.78, 5) is 14.1. The van der Waals surface area contributed by atoms with Crippen molar-refractivity contribution in [2.45, 2.75) is 25.8 Å². The van der Waals surface area contributed by atoms with Crippen molar-refractivity contribution >= 4 is 15.9 Å². The molecule has 0 spiro atoms. The zero-order valence-electron chi connectivity index (χ0n) is 14.7. The van der Waals surface area contributed by atoms with E-state index >= 15 is 0 Å². The Labute approximate surface area is 155 Å². The Hall–Kier alpha value is -2.18. The second-order valence-corrected chi connectivity index (χ2v) is 8.49. The van der Waals surface area contributed by atoms with E-state index in [0.29, 0.717) is 25.9 Å². The standard InChI is InChI=1S/C20H24N2O3S/c23-20(22-13-12-18-10-4-5-11-19(18)16-22)15-21-26(24,25)14-6-9-17-7-2-1-3-8-17/h1-5,7-8,10-11,21H,6,9,12-16H2. The van der Waals surface area contributed by atoms with Gasteiger partial charge in [-0.25, -0.2) is 13.1 Å². The lowest BCUT2D eigenvalue weighted by Gasteiger charge is -2.29. The SMILES string of the molecule is O=C(CNS(=O)(=O)CCCc1ccccc1)N1CCc2ccccc2C1. The molecule has 2 aromatic carbocycles. The van der Waals surface area contributed by atoms with Crippen molar-refractivity contribution in [3.8, 4) is 0 Å². The van der Waals surface area contributed by atoms with Crippen molar-refractivity contribution in [1.29, 1.82) is 0 Å². The van der Waals surface area contributed by atoms with Gasteiger partial charge < -0.3 is 4.90 Å². The fourth-order valence-corrected chi connectivity index (χ4v) is 4.19. The molecule has 1 heterocycles. The first-order valence-electron chi connectivity index (χ1n) is 8.89. The van der Waals surface area contributed by atoms with E-state index in [1.54, 1.807) is 4.90 Å². The summed E-state index contributed by atoms with van der Waals surface area (Å²) < 4.78 is 26.7. The second kappa shape index (κ2) is 8.47. The average molecular weight is 372 g/mol. The number of carbonyl (C=O) groups is 1. The molecule has 1 aliphatic heterocycles. The minimum Gasteiger partial charge on any atom is -0.337 e. The highest BCUT2D eigenvalue weighted by Gasteiger charge is 2.21. The Morgan fingerprint density at radius 3 is 2.46 bits per heavy atom. The molecule has 26 heavy (non-hydrogen) atoms. The maximum Gasteiger partial charge on any atom is 0.237 e. The summed E-state index contributed by atoms with van der Waals surface area (Å²) in [5.41, 5.74) is 3.52. The summed E-state index contributed by atoms with van der Waals surface area (Å²) in [6.45, 7) is 1.01. The molecule has 0 fully saturated rings. The van der Waals surface area contributed by atoms with Crippen molar-refractivity contribution in [2.75, 3.05) is 18.8 Å². The Balaban J connectivity index is 1.45. The van der Waals surface area contributed by atoms with Gasteiger partial charge in [0, 0.05) is 13.1 Å². The molecule has 0 aliphatic carbocycles. The number of nitrogens with zero attached hydrogens (tertiary/aromatic N) is 1. The van der Waals surface area contributed by atoms with Crippen molar-refractivity contribution in [3.05, 3.63) is 71.3 Å². The van der Waals surface area contributed by atoms with E-state index in [4.69, 9.17) is 0 Å². The number of nitrogens with one attached hydrogen (secondary N) is 1. The number of hydrogen-bond donors (Lipinski definition) is 1. The highest BCUT2D eigenvalue weighted by atomic mass is 32.2. The number of rotatable bonds is 7. The van der Waals surface area contributed by atoms with Gasteiger partial charge in [0.2, 0.25) is 15.9 Å². The van der Waals surface area contributed by atoms with Gasteiger partial charge in [-0.05, 0) is 36.0 Å². The summed E-state index contributed by atoms with van der Waals surface area (Å²) in [5, 5.41) is 0. The van der Waals surface area contributed by atoms with Gasteiger partial charge in [0.05, 0.1) is 12.3 Å². The van der Waals surface area contributed by atoms with Gasteiger partial charge >= 0.3 is 0 Å². The molecule has 0 atom stereocenters. The second-order valence-electron chi connectivity index (χ2n) is 6.56. The first kappa shape index (κ1) is 18.6. The van der Waals surface area contributed by atoms with Crippen LogP contribution < -0.4 is 4.72 Å². The molecule has 5 nitrogen and oxygen atoms in total. The molecule has 0 saturated heterocycles. The summed E-state index contributed by atoms with van der Waals surface area (Å²) in [5.74, 6) is -0.149. The van der Waals surface area contributed by atoms with E-state index in [1.165, 1.54) is 5.56 Å². The Kier molecular flexibility index (Phi) is 6.06. The molecule has 1 aliphatic rings. The van der Waals surface area contributed by atoms with E-state index in [-0.39, 0.29) is 18.2 Å². The van der Waals surface area contributed by atoms with Crippen molar-refractivity contribution in [1.82, 2.24) is 9.62 Å². The molecule has 0 radical (unpaired) electrons. The largest absolute Gasteiger partial charge is 0.337 e. The molecule has 0 saturated carbocycles. The highest BCUT2D eigenvalue weighted by Crippen LogP contribution is 2.18. The lowest BCUT2D eigenvalue weighted by molar-refractivity contribution is -0.130. The zero-order valence-corrected chi connectivity index (χ0v) is 15.5. The minimum absolute atomic E-state index is 0.0258. The fourth-order valence-electron chi connectivity index (χ4n) is 3.18. The van der Waals surface area contributed by atoms with E-state index in [0.717, 1.165) is 17.5 Å². The summed E-state index contributed by atoms with van der Waals surface area (Å²) in [6.07, 6.45) is 2.05. The fraction of sp³-hybridized carbons (Fsp3) is 0.350. The van der Waals surface area contributed by atoms with Crippen LogP contribution in [-0.4, -0.2) is 38.1 Å². The normalized spacial score (nSPS) is 14.1. The summed E-state index contributed by atoms with van der Waals surface area (Å²) in [7, 11) is -3.44. The number of benzene rings is 2. The number of aryl methyl sites for hydroxylation is 1. The number of amides is 1. The first-order valence-corrected chi connectivity index (χ1v) is 10.5. The highest BCUT2D eigenvalue weighted by molar-refractivity contribution is 7.89. The van der Waals surface area contributed by atoms with Gasteiger partial charge in [0.15, 0.2) is 0 Å². The van der Waals surface area contributed by atoms with Crippen LogP contribution in [-0.2, 0) is 34.2 Å². The molecule has 1 amide bonds. The number of carbonyl (C=O) groups excluding carboxylic acids is 1. The van der Waals surface area contributed by atoms with E-state index < -0.39 is 10.0 Å². The maximum absolute atomic E-state index is 12.3.